The number of aromatic amines is 1. The molecule has 0 saturated carbocycles. The number of rotatable bonds is 27. The standard InChI is InChI=1S/C66H89Cl2N17O18S2/c1-34(2)56-65(103)81-46(28-36-7-5-9-40(67)55(36)68)62(100)78-42(11-6-23-74-66(71)72)58(96)73-24-21-50(88)76-43(16-18-53(91)92)59(97)80-47(29-37-30-75-41-10-4-3-8-39(37)41)63(101)79-44(17-19-54(93)94)60(98)82-48(57(70)95)32-104-105-33-49(64(102)84-56)83-61(99)45(27-35-12-14-38(87)15-13-35)77-51(89)31-85(25-26-86)52(90)20-22-69/h3-5,7-10,12-15,30,34,42-49,56,75,86-87H,6,11,16-29,31-33,69H2,1-2H3,(H2,70,95)(H,73,96)(H,76,88)(H,77,89)(H,78,100)(H,79,101)(H,80,97)(H,81,103)(H,82,98)(H,83,99)(H,84,102)(H,91,92)(H,93,94)(H4,71,72,74)/t42-,43-,44-,45-,46-,47-,48+,49-,56-/m0/s1. The number of carbonyl (C=O) groups is 14. The van der Waals surface area contributed by atoms with Crippen molar-refractivity contribution in [2.45, 2.75) is 139 Å². The van der Waals surface area contributed by atoms with Crippen LogP contribution in [0.2, 0.25) is 10.0 Å². The van der Waals surface area contributed by atoms with Gasteiger partial charge in [0.2, 0.25) is 70.9 Å². The number of aliphatic imine (C=N–C) groups is 1. The van der Waals surface area contributed by atoms with E-state index in [9.17, 15) is 82.8 Å². The zero-order valence-electron chi connectivity index (χ0n) is 57.4. The molecule has 0 unspecified atom stereocenters. The number of phenolic OH excluding ortho intramolecular Hbond substituents is 1. The molecular weight excluding hydrogens is 1450 g/mol. The number of carboxylic acids is 2. The second-order valence-electron chi connectivity index (χ2n) is 24.6. The zero-order valence-corrected chi connectivity index (χ0v) is 60.6. The first-order chi connectivity index (χ1) is 49.9. The lowest BCUT2D eigenvalue weighted by molar-refractivity contribution is -0.138. The van der Waals surface area contributed by atoms with E-state index < -0.39 is 213 Å². The fourth-order valence-electron chi connectivity index (χ4n) is 10.6. The Balaban J connectivity index is 1.63. The predicted octanol–water partition coefficient (Wildman–Crippen LogP) is -2.43. The molecule has 12 amide bonds. The first kappa shape index (κ1) is 85.7. The molecule has 23 N–H and O–H groups in total. The highest BCUT2D eigenvalue weighted by atomic mass is 35.5. The largest absolute Gasteiger partial charge is 0.508 e. The summed E-state index contributed by atoms with van der Waals surface area (Å²) in [5, 5.41) is 65.5. The van der Waals surface area contributed by atoms with Crippen molar-refractivity contribution >= 4 is 144 Å². The minimum absolute atomic E-state index is 0.0210. The number of aliphatic carboxylic acids is 2. The third-order valence-electron chi connectivity index (χ3n) is 16.2. The number of fused-ring (bicyclic) bond motifs is 1. The third kappa shape index (κ3) is 28.9. The van der Waals surface area contributed by atoms with Crippen LogP contribution in [0.3, 0.4) is 0 Å². The van der Waals surface area contributed by atoms with Gasteiger partial charge in [-0.2, -0.15) is 0 Å². The molecule has 39 heteroatoms. The number of H-pyrrole nitrogens is 1. The van der Waals surface area contributed by atoms with E-state index in [4.69, 9.17) is 46.1 Å². The molecular formula is C66H89Cl2N17O18S2. The number of hydrogen-bond donors (Lipinski definition) is 19. The van der Waals surface area contributed by atoms with E-state index in [1.165, 1.54) is 62.5 Å². The van der Waals surface area contributed by atoms with Crippen LogP contribution in [0.15, 0.2) is 77.9 Å². The summed E-state index contributed by atoms with van der Waals surface area (Å²) in [4.78, 5) is 203. The number of nitrogens with one attached hydrogen (secondary N) is 11. The summed E-state index contributed by atoms with van der Waals surface area (Å²) in [6.45, 7) is 0.925. The normalized spacial score (nSPS) is 20.6. The number of carboxylic acid groups (broad SMARTS) is 2. The molecule has 0 radical (unpaired) electrons. The monoisotopic (exact) mass is 1540 g/mol. The highest BCUT2D eigenvalue weighted by Gasteiger charge is 2.37. The van der Waals surface area contributed by atoms with Crippen molar-refractivity contribution in [3.63, 3.8) is 0 Å². The molecule has 5 rings (SSSR count). The maximum Gasteiger partial charge on any atom is 0.303 e. The molecule has 1 fully saturated rings. The number of para-hydroxylation sites is 1. The van der Waals surface area contributed by atoms with Crippen LogP contribution in [0, 0.1) is 5.92 Å². The molecule has 35 nitrogen and oxygen atoms in total. The Hall–Kier alpha value is -9.95. The Morgan fingerprint density at radius 2 is 1.27 bits per heavy atom. The van der Waals surface area contributed by atoms with Gasteiger partial charge in [-0.05, 0) is 72.6 Å². The number of aliphatic hydroxyl groups excluding tert-OH is 1. The van der Waals surface area contributed by atoms with Crippen LogP contribution in [-0.4, -0.2) is 224 Å². The lowest BCUT2D eigenvalue weighted by Crippen LogP contribution is -2.61. The number of nitrogens with zero attached hydrogens (tertiary/aromatic N) is 2. The molecule has 1 aliphatic rings. The number of halogens is 2. The Morgan fingerprint density at radius 3 is 1.89 bits per heavy atom. The maximum atomic E-state index is 15.0. The van der Waals surface area contributed by atoms with Crippen LogP contribution >= 0.6 is 44.8 Å². The van der Waals surface area contributed by atoms with Gasteiger partial charge >= 0.3 is 11.9 Å². The maximum absolute atomic E-state index is 15.0. The number of aromatic nitrogens is 1. The van der Waals surface area contributed by atoms with Gasteiger partial charge < -0.3 is 106 Å². The van der Waals surface area contributed by atoms with E-state index in [2.05, 4.69) is 63.1 Å². The molecule has 4 aromatic rings. The summed E-state index contributed by atoms with van der Waals surface area (Å²) in [7, 11) is 1.61. The van der Waals surface area contributed by atoms with Gasteiger partial charge in [-0.15, -0.1) is 0 Å². The second-order valence-corrected chi connectivity index (χ2v) is 27.9. The first-order valence-electron chi connectivity index (χ1n) is 33.2. The van der Waals surface area contributed by atoms with Crippen LogP contribution in [0.4, 0.5) is 0 Å². The molecule has 2 heterocycles. The number of benzene rings is 3. The van der Waals surface area contributed by atoms with Crippen molar-refractivity contribution in [2.24, 2.45) is 33.8 Å². The van der Waals surface area contributed by atoms with Crippen LogP contribution in [0.25, 0.3) is 10.9 Å². The lowest BCUT2D eigenvalue weighted by Gasteiger charge is -2.29. The molecule has 3 aromatic carbocycles. The zero-order chi connectivity index (χ0) is 77.4. The molecule has 0 spiro atoms. The minimum Gasteiger partial charge on any atom is -0.508 e. The van der Waals surface area contributed by atoms with E-state index in [0.717, 1.165) is 26.5 Å². The molecule has 105 heavy (non-hydrogen) atoms. The summed E-state index contributed by atoms with van der Waals surface area (Å²) in [6.07, 6.45) is -3.02. The molecule has 9 atom stereocenters. The Kier molecular flexibility index (Phi) is 35.4. The SMILES string of the molecule is CC(C)[C@@H]1NC(=O)[C@@H](NC(=O)[C@H](Cc2ccc(O)cc2)NC(=O)CN(CCO)C(=O)CCN)CSSC[C@H](C(N)=O)NC(=O)[C@H](CCC(=O)O)NC(=O)[C@H](Cc2c[nH]c3ccccc23)NC(=O)[C@H](CCC(=O)O)NC(=O)CCNC(=O)[C@H](CCCN=C(N)N)NC(=O)[C@H](Cc2cccc(Cl)c2Cl)NC1=O. The highest BCUT2D eigenvalue weighted by molar-refractivity contribution is 8.76. The van der Waals surface area contributed by atoms with E-state index in [0.29, 0.717) is 22.0 Å². The fraction of sp³-hybridized carbons (Fsp3) is 0.470. The lowest BCUT2D eigenvalue weighted by atomic mass is 10.00. The van der Waals surface area contributed by atoms with Gasteiger partial charge in [0, 0.05) is 99.7 Å². The van der Waals surface area contributed by atoms with E-state index >= 15 is 4.79 Å². The van der Waals surface area contributed by atoms with E-state index in [1.54, 1.807) is 24.3 Å². The Morgan fingerprint density at radius 1 is 0.676 bits per heavy atom. The van der Waals surface area contributed by atoms with Gasteiger partial charge in [0.25, 0.3) is 0 Å². The molecule has 0 aliphatic carbocycles. The van der Waals surface area contributed by atoms with Gasteiger partial charge in [0.05, 0.1) is 23.2 Å². The van der Waals surface area contributed by atoms with Crippen molar-refractivity contribution in [2.75, 3.05) is 50.8 Å². The molecule has 572 valence electrons. The number of aromatic hydroxyl groups is 1. The summed E-state index contributed by atoms with van der Waals surface area (Å²) >= 11 is 13.1. The number of nitrogens with two attached hydrogens (primary N) is 4. The number of primary amides is 1. The number of guanidine groups is 1. The number of hydrogen-bond acceptors (Lipinski definition) is 20. The predicted molar refractivity (Wildman–Crippen MR) is 389 cm³/mol. The van der Waals surface area contributed by atoms with Crippen LogP contribution in [-0.2, 0) is 86.4 Å². The third-order valence-corrected chi connectivity index (χ3v) is 19.4. The number of phenols is 1. The topological polar surface area (TPSA) is 576 Å². The minimum atomic E-state index is -1.78. The smallest absolute Gasteiger partial charge is 0.303 e. The second kappa shape index (κ2) is 43.4. The van der Waals surface area contributed by atoms with Crippen molar-refractivity contribution in [3.8, 4) is 5.75 Å². The van der Waals surface area contributed by atoms with Crippen LogP contribution in [0.1, 0.15) is 81.9 Å². The van der Waals surface area contributed by atoms with Crippen LogP contribution in [0.5, 0.6) is 5.75 Å². The van der Waals surface area contributed by atoms with Gasteiger partial charge in [0.15, 0.2) is 5.96 Å². The van der Waals surface area contributed by atoms with Crippen molar-refractivity contribution in [1.82, 2.24) is 63.1 Å². The van der Waals surface area contributed by atoms with Gasteiger partial charge in [-0.3, -0.25) is 72.1 Å². The van der Waals surface area contributed by atoms with Crippen LogP contribution < -0.4 is 76.1 Å². The first-order valence-corrected chi connectivity index (χ1v) is 36.5. The fourth-order valence-corrected chi connectivity index (χ4v) is 13.3. The number of carbonyl (C=O) groups excluding carboxylic acids is 12. The van der Waals surface area contributed by atoms with E-state index in [1.807, 2.05) is 0 Å². The number of aliphatic hydroxyl groups is 1. The van der Waals surface area contributed by atoms with Crippen molar-refractivity contribution < 1.29 is 87.5 Å². The number of amides is 12. The summed E-state index contributed by atoms with van der Waals surface area (Å²) < 4.78 is 0. The van der Waals surface area contributed by atoms with Gasteiger partial charge in [-0.1, -0.05) is 101 Å². The Labute approximate surface area is 620 Å². The average molecular weight is 1540 g/mol. The molecule has 1 aliphatic heterocycles. The van der Waals surface area contributed by atoms with Gasteiger partial charge in [-0.25, -0.2) is 0 Å². The average Bonchev–Trinajstić information content (AvgIpc) is 1.79. The molecule has 1 aromatic heterocycles. The summed E-state index contributed by atoms with van der Waals surface area (Å²) in [5.41, 5.74) is 24.2. The Bertz CT molecular complexity index is 3770. The molecule has 1 saturated heterocycles. The molecule has 0 bridgehead atoms. The van der Waals surface area contributed by atoms with Gasteiger partial charge in [0.1, 0.15) is 60.1 Å². The van der Waals surface area contributed by atoms with Crippen molar-refractivity contribution in [1.29, 1.82) is 0 Å². The van der Waals surface area contributed by atoms with Crippen molar-refractivity contribution in [3.05, 3.63) is 99.7 Å². The quantitative estimate of drug-likeness (QED) is 0.0128. The summed E-state index contributed by atoms with van der Waals surface area (Å²) in [5.74, 6) is -16.9. The van der Waals surface area contributed by atoms with E-state index in [-0.39, 0.29) is 79.1 Å². The highest BCUT2D eigenvalue weighted by Crippen LogP contribution is 2.28. The summed E-state index contributed by atoms with van der Waals surface area (Å²) in [6, 6.07) is 2.04.